The molecule has 0 radical (unpaired) electrons. The van der Waals surface area contributed by atoms with Gasteiger partial charge >= 0.3 is 6.03 Å². The summed E-state index contributed by atoms with van der Waals surface area (Å²) < 4.78 is 0. The van der Waals surface area contributed by atoms with Gasteiger partial charge in [0.1, 0.15) is 0 Å². The van der Waals surface area contributed by atoms with Crippen LogP contribution in [-0.4, -0.2) is 60.1 Å². The van der Waals surface area contributed by atoms with Crippen LogP contribution in [0.25, 0.3) is 10.9 Å². The van der Waals surface area contributed by atoms with Crippen LogP contribution in [0, 0.1) is 5.92 Å². The number of carbonyl (C=O) groups is 1. The molecule has 2 unspecified atom stereocenters. The third kappa shape index (κ3) is 4.38. The van der Waals surface area contributed by atoms with Crippen LogP contribution in [0.15, 0.2) is 30.5 Å². The van der Waals surface area contributed by atoms with E-state index in [1.165, 1.54) is 10.9 Å². The van der Waals surface area contributed by atoms with Gasteiger partial charge in [-0.2, -0.15) is 0 Å². The van der Waals surface area contributed by atoms with E-state index in [-0.39, 0.29) is 6.03 Å². The van der Waals surface area contributed by atoms with Gasteiger partial charge in [0.15, 0.2) is 0 Å². The molecule has 1 aromatic carbocycles. The number of pyridine rings is 1. The molecule has 0 aliphatic carbocycles. The Labute approximate surface area is 173 Å². The SMILES string of the molecule is CC1CC(c2ccc(CN)c3ncccc23)CN(C(=O)NC2CCN(C)CC2)C1. The van der Waals surface area contributed by atoms with E-state index in [0.29, 0.717) is 24.4 Å². The lowest BCUT2D eigenvalue weighted by Crippen LogP contribution is -2.52. The first-order valence-electron chi connectivity index (χ1n) is 10.9. The first kappa shape index (κ1) is 20.1. The molecular weight excluding hydrogens is 362 g/mol. The molecule has 2 saturated heterocycles. The van der Waals surface area contributed by atoms with Crippen LogP contribution in [0.2, 0.25) is 0 Å². The molecule has 3 heterocycles. The first-order chi connectivity index (χ1) is 14.0. The quantitative estimate of drug-likeness (QED) is 0.838. The maximum Gasteiger partial charge on any atom is 0.317 e. The van der Waals surface area contributed by atoms with Crippen molar-refractivity contribution in [2.45, 2.75) is 44.7 Å². The average molecular weight is 396 g/mol. The number of hydrogen-bond donors (Lipinski definition) is 2. The Morgan fingerprint density at radius 3 is 2.79 bits per heavy atom. The molecule has 1 aromatic heterocycles. The van der Waals surface area contributed by atoms with Crippen LogP contribution < -0.4 is 11.1 Å². The van der Waals surface area contributed by atoms with E-state index in [1.807, 2.05) is 17.2 Å². The summed E-state index contributed by atoms with van der Waals surface area (Å²) in [5, 5.41) is 4.46. The largest absolute Gasteiger partial charge is 0.335 e. The Bertz CT molecular complexity index is 861. The van der Waals surface area contributed by atoms with Crippen molar-refractivity contribution in [3.8, 4) is 0 Å². The predicted molar refractivity (Wildman–Crippen MR) is 117 cm³/mol. The third-order valence-electron chi connectivity index (χ3n) is 6.54. The molecule has 0 spiro atoms. The fraction of sp³-hybridized carbons (Fsp3) is 0.565. The zero-order chi connectivity index (χ0) is 20.4. The highest BCUT2D eigenvalue weighted by Gasteiger charge is 2.31. The number of carbonyl (C=O) groups excluding carboxylic acids is 1. The Hall–Kier alpha value is -2.18. The minimum Gasteiger partial charge on any atom is -0.335 e. The number of amides is 2. The van der Waals surface area contributed by atoms with E-state index in [1.54, 1.807) is 0 Å². The molecule has 6 nitrogen and oxygen atoms in total. The smallest absolute Gasteiger partial charge is 0.317 e. The molecule has 156 valence electrons. The molecule has 2 aromatic rings. The normalized spacial score (nSPS) is 24.0. The summed E-state index contributed by atoms with van der Waals surface area (Å²) in [7, 11) is 2.14. The Morgan fingerprint density at radius 2 is 2.03 bits per heavy atom. The van der Waals surface area contributed by atoms with Gasteiger partial charge in [-0.1, -0.05) is 25.1 Å². The summed E-state index contributed by atoms with van der Waals surface area (Å²) in [4.78, 5) is 21.9. The molecule has 0 saturated carbocycles. The number of piperidine rings is 2. The maximum atomic E-state index is 13.0. The number of urea groups is 1. The van der Waals surface area contributed by atoms with E-state index >= 15 is 0 Å². The fourth-order valence-corrected chi connectivity index (χ4v) is 4.94. The topological polar surface area (TPSA) is 74.5 Å². The van der Waals surface area contributed by atoms with Crippen LogP contribution in [0.1, 0.15) is 43.2 Å². The summed E-state index contributed by atoms with van der Waals surface area (Å²) in [5.41, 5.74) is 9.28. The molecule has 4 rings (SSSR count). The Balaban J connectivity index is 1.52. The van der Waals surface area contributed by atoms with Gasteiger partial charge in [0, 0.05) is 43.2 Å². The molecule has 29 heavy (non-hydrogen) atoms. The van der Waals surface area contributed by atoms with Crippen molar-refractivity contribution in [2.75, 3.05) is 33.2 Å². The van der Waals surface area contributed by atoms with Gasteiger partial charge in [-0.3, -0.25) is 4.98 Å². The second-order valence-corrected chi connectivity index (χ2v) is 8.89. The summed E-state index contributed by atoms with van der Waals surface area (Å²) in [6.07, 6.45) is 4.98. The van der Waals surface area contributed by atoms with Crippen LogP contribution in [0.5, 0.6) is 0 Å². The van der Waals surface area contributed by atoms with E-state index in [2.05, 4.69) is 47.4 Å². The number of hydrogen-bond acceptors (Lipinski definition) is 4. The van der Waals surface area contributed by atoms with Crippen molar-refractivity contribution in [2.24, 2.45) is 11.7 Å². The highest BCUT2D eigenvalue weighted by atomic mass is 16.2. The minimum atomic E-state index is 0.0945. The van der Waals surface area contributed by atoms with Crippen molar-refractivity contribution >= 4 is 16.9 Å². The van der Waals surface area contributed by atoms with Crippen molar-refractivity contribution in [1.29, 1.82) is 0 Å². The van der Waals surface area contributed by atoms with E-state index in [9.17, 15) is 4.79 Å². The lowest BCUT2D eigenvalue weighted by molar-refractivity contribution is 0.150. The number of nitrogens with one attached hydrogen (secondary N) is 1. The molecule has 2 atom stereocenters. The maximum absolute atomic E-state index is 13.0. The number of rotatable bonds is 3. The van der Waals surface area contributed by atoms with Gasteiger partial charge in [-0.15, -0.1) is 0 Å². The highest BCUT2D eigenvalue weighted by molar-refractivity contribution is 5.85. The fourth-order valence-electron chi connectivity index (χ4n) is 4.94. The standard InChI is InChI=1S/C23H33N5O/c1-16-12-18(20-6-5-17(13-24)22-21(20)4-3-9-25-22)15-28(14-16)23(29)26-19-7-10-27(2)11-8-19/h3-6,9,16,18-19H,7-8,10-15,24H2,1-2H3,(H,26,29). The number of likely N-dealkylation sites (tertiary alicyclic amines) is 2. The molecular formula is C23H33N5O. The van der Waals surface area contributed by atoms with Crippen molar-refractivity contribution < 1.29 is 4.79 Å². The summed E-state index contributed by atoms with van der Waals surface area (Å²) in [6, 6.07) is 8.82. The van der Waals surface area contributed by atoms with Crippen LogP contribution in [0.4, 0.5) is 4.79 Å². The lowest BCUT2D eigenvalue weighted by Gasteiger charge is -2.38. The third-order valence-corrected chi connectivity index (χ3v) is 6.54. The Morgan fingerprint density at radius 1 is 1.24 bits per heavy atom. The molecule has 0 bridgehead atoms. The van der Waals surface area contributed by atoms with Gasteiger partial charge in [0.2, 0.25) is 0 Å². The zero-order valence-corrected chi connectivity index (χ0v) is 17.6. The van der Waals surface area contributed by atoms with E-state index in [0.717, 1.165) is 56.5 Å². The number of benzene rings is 1. The van der Waals surface area contributed by atoms with Crippen LogP contribution >= 0.6 is 0 Å². The average Bonchev–Trinajstić information content (AvgIpc) is 2.74. The molecule has 6 heteroatoms. The lowest BCUT2D eigenvalue weighted by atomic mass is 9.83. The van der Waals surface area contributed by atoms with Gasteiger partial charge < -0.3 is 20.9 Å². The zero-order valence-electron chi connectivity index (χ0n) is 17.6. The summed E-state index contributed by atoms with van der Waals surface area (Å²) >= 11 is 0. The Kier molecular flexibility index (Phi) is 6.01. The molecule has 2 amide bonds. The van der Waals surface area contributed by atoms with Gasteiger partial charge in [-0.05, 0) is 62.5 Å². The van der Waals surface area contributed by atoms with Gasteiger partial charge in [-0.25, -0.2) is 4.79 Å². The van der Waals surface area contributed by atoms with Gasteiger partial charge in [0.25, 0.3) is 0 Å². The molecule has 2 fully saturated rings. The first-order valence-corrected chi connectivity index (χ1v) is 10.9. The van der Waals surface area contributed by atoms with Crippen LogP contribution in [0.3, 0.4) is 0 Å². The van der Waals surface area contributed by atoms with Crippen molar-refractivity contribution in [1.82, 2.24) is 20.1 Å². The van der Waals surface area contributed by atoms with E-state index < -0.39 is 0 Å². The van der Waals surface area contributed by atoms with Gasteiger partial charge in [0.05, 0.1) is 5.52 Å². The predicted octanol–water partition coefficient (Wildman–Crippen LogP) is 2.92. The molecule has 2 aliphatic heterocycles. The number of nitrogens with zero attached hydrogens (tertiary/aromatic N) is 3. The number of fused-ring (bicyclic) bond motifs is 1. The van der Waals surface area contributed by atoms with E-state index in [4.69, 9.17) is 5.73 Å². The highest BCUT2D eigenvalue weighted by Crippen LogP contribution is 2.35. The summed E-state index contributed by atoms with van der Waals surface area (Å²) in [5.74, 6) is 0.790. The molecule has 2 aliphatic rings. The second-order valence-electron chi connectivity index (χ2n) is 8.89. The number of nitrogens with two attached hydrogens (primary N) is 1. The second kappa shape index (κ2) is 8.67. The summed E-state index contributed by atoms with van der Waals surface area (Å²) in [6.45, 7) is 6.42. The van der Waals surface area contributed by atoms with Crippen LogP contribution in [-0.2, 0) is 6.54 Å². The van der Waals surface area contributed by atoms with Crippen molar-refractivity contribution in [3.05, 3.63) is 41.6 Å². The number of aromatic nitrogens is 1. The monoisotopic (exact) mass is 395 g/mol. The minimum absolute atomic E-state index is 0.0945. The molecule has 3 N–H and O–H groups in total. The van der Waals surface area contributed by atoms with Crippen molar-refractivity contribution in [3.63, 3.8) is 0 Å².